The molecule has 252 valence electrons. The van der Waals surface area contributed by atoms with E-state index >= 15 is 0 Å². The summed E-state index contributed by atoms with van der Waals surface area (Å²) in [4.78, 5) is 84.4. The Kier molecular flexibility index (Phi) is 10.2. The molecule has 48 heavy (non-hydrogen) atoms. The van der Waals surface area contributed by atoms with Crippen LogP contribution in [0.5, 0.6) is 11.5 Å². The van der Waals surface area contributed by atoms with Crippen molar-refractivity contribution in [1.82, 2.24) is 19.6 Å². The Morgan fingerprint density at radius 3 is 2.54 bits per heavy atom. The number of aromatic carboxylic acids is 1. The fraction of sp³-hybridized carbons (Fsp3) is 0.200. The molecule has 23 heteroatoms. The van der Waals surface area contributed by atoms with Crippen LogP contribution in [0, 0.1) is 0 Å². The monoisotopic (exact) mass is 756 g/mol. The second kappa shape index (κ2) is 14.2. The van der Waals surface area contributed by atoms with Gasteiger partial charge in [0.15, 0.2) is 27.9 Å². The molecule has 9 N–H and O–H groups in total. The SMILES string of the molecule is Nc1nc(/C(=N\OC(Sc2ccc(O)c(O)c2)C(=O)O)C(=O)NC2C(=O)N3C(C(=O)O)=C(CSc4s[nH]c(=O)c4C(=O)O)CSC23)cs1. The molecule has 0 spiro atoms. The Labute approximate surface area is 287 Å². The van der Waals surface area contributed by atoms with Crippen LogP contribution in [-0.4, -0.2) is 104 Å². The molecule has 2 aromatic heterocycles. The fourth-order valence-corrected chi connectivity index (χ4v) is 9.01. The quantitative estimate of drug-likeness (QED) is 0.0302. The first-order valence-electron chi connectivity index (χ1n) is 12.9. The van der Waals surface area contributed by atoms with Gasteiger partial charge in [-0.25, -0.2) is 19.4 Å². The van der Waals surface area contributed by atoms with Gasteiger partial charge < -0.3 is 41.4 Å². The van der Waals surface area contributed by atoms with Gasteiger partial charge in [0.1, 0.15) is 22.8 Å². The maximum atomic E-state index is 13.4. The number of β-lactam (4-membered cyclic amide) rings is 1. The Balaban J connectivity index is 1.33. The smallest absolute Gasteiger partial charge is 0.358 e. The molecule has 4 heterocycles. The molecule has 1 aromatic carbocycles. The van der Waals surface area contributed by atoms with Crippen molar-refractivity contribution in [3.8, 4) is 11.5 Å². The number of H-pyrrole nitrogens is 1. The highest BCUT2D eigenvalue weighted by Gasteiger charge is 2.54. The number of hydrogen-bond donors (Lipinski definition) is 8. The lowest BCUT2D eigenvalue weighted by Gasteiger charge is -2.49. The maximum absolute atomic E-state index is 13.4. The summed E-state index contributed by atoms with van der Waals surface area (Å²) in [6.45, 7) is 0. The van der Waals surface area contributed by atoms with Gasteiger partial charge in [0.05, 0.1) is 4.21 Å². The third-order valence-corrected chi connectivity index (χ3v) is 11.7. The minimum absolute atomic E-state index is 0.0342. The Hall–Kier alpha value is -4.71. The number of aliphatic carboxylic acids is 2. The Morgan fingerprint density at radius 1 is 1.17 bits per heavy atom. The standard InChI is InChI=1S/C25H20N6O12S5/c26-25-27-9(6-46-25)13(29-43-23(22(41)42)47-8-1-2-10(32)11(33)3-8)17(35)28-14-18(36)31-15(21(39)40)7(4-44-19(14)31)5-45-24-12(20(37)38)16(34)30-48-24/h1-3,6,14,19,23,32-33H,4-5H2,(H2,26,27)(H,28,35)(H,30,34)(H,37,38)(H,39,40)(H,41,42)/b29-13+. The number of rotatable bonds is 13. The number of fused-ring (bicyclic) bond motifs is 1. The van der Waals surface area contributed by atoms with Crippen LogP contribution in [0.3, 0.4) is 0 Å². The van der Waals surface area contributed by atoms with Crippen molar-refractivity contribution >= 4 is 98.7 Å². The van der Waals surface area contributed by atoms with Crippen LogP contribution in [0.2, 0.25) is 0 Å². The van der Waals surface area contributed by atoms with Crippen LogP contribution in [0.4, 0.5) is 5.13 Å². The lowest BCUT2D eigenvalue weighted by molar-refractivity contribution is -0.150. The van der Waals surface area contributed by atoms with Gasteiger partial charge in [-0.05, 0) is 23.8 Å². The average Bonchev–Trinajstić information content (AvgIpc) is 3.63. The van der Waals surface area contributed by atoms with E-state index < -0.39 is 74.9 Å². The summed E-state index contributed by atoms with van der Waals surface area (Å²) in [5.74, 6) is -7.06. The number of nitrogen functional groups attached to an aromatic ring is 1. The van der Waals surface area contributed by atoms with Gasteiger partial charge in [-0.2, -0.15) is 0 Å². The van der Waals surface area contributed by atoms with Crippen molar-refractivity contribution in [2.75, 3.05) is 17.2 Å². The van der Waals surface area contributed by atoms with Gasteiger partial charge in [0.25, 0.3) is 22.8 Å². The highest BCUT2D eigenvalue weighted by molar-refractivity contribution is 8.02. The fourth-order valence-electron chi connectivity index (χ4n) is 4.25. The van der Waals surface area contributed by atoms with E-state index in [0.717, 1.165) is 63.4 Å². The molecule has 3 atom stereocenters. The number of thiazole rings is 1. The number of carbonyl (C=O) groups is 5. The summed E-state index contributed by atoms with van der Waals surface area (Å²) >= 11 is 4.37. The summed E-state index contributed by atoms with van der Waals surface area (Å²) in [6.07, 6.45) is 0. The zero-order chi connectivity index (χ0) is 34.9. The molecular formula is C25H20N6O12S5. The van der Waals surface area contributed by atoms with Crippen molar-refractivity contribution in [1.29, 1.82) is 0 Å². The van der Waals surface area contributed by atoms with Crippen LogP contribution in [0.15, 0.2) is 53.9 Å². The molecule has 0 saturated carbocycles. The Morgan fingerprint density at radius 2 is 1.92 bits per heavy atom. The van der Waals surface area contributed by atoms with Gasteiger partial charge in [-0.3, -0.25) is 23.7 Å². The van der Waals surface area contributed by atoms with E-state index in [-0.39, 0.29) is 42.7 Å². The first-order valence-corrected chi connectivity index (χ1v) is 17.5. The molecule has 0 aliphatic carbocycles. The predicted molar refractivity (Wildman–Crippen MR) is 174 cm³/mol. The molecule has 2 aliphatic rings. The topological polar surface area (TPSA) is 295 Å². The molecule has 1 saturated heterocycles. The number of carboxylic acid groups (broad SMARTS) is 3. The molecule has 2 amide bonds. The second-order valence-corrected chi connectivity index (χ2v) is 14.7. The highest BCUT2D eigenvalue weighted by Crippen LogP contribution is 2.42. The molecular weight excluding hydrogens is 737 g/mol. The number of benzene rings is 1. The number of aromatic nitrogens is 2. The van der Waals surface area contributed by atoms with Crippen LogP contribution in [0.25, 0.3) is 0 Å². The van der Waals surface area contributed by atoms with Gasteiger partial charge >= 0.3 is 17.9 Å². The normalized spacial score (nSPS) is 18.1. The van der Waals surface area contributed by atoms with E-state index in [2.05, 4.69) is 19.8 Å². The number of carboxylic acids is 3. The predicted octanol–water partition coefficient (Wildman–Crippen LogP) is 1.04. The summed E-state index contributed by atoms with van der Waals surface area (Å²) in [6, 6.07) is 2.30. The molecule has 0 bridgehead atoms. The molecule has 3 unspecified atom stereocenters. The molecule has 1 fully saturated rings. The van der Waals surface area contributed by atoms with Crippen molar-refractivity contribution < 1.29 is 54.3 Å². The lowest BCUT2D eigenvalue weighted by Crippen LogP contribution is -2.71. The number of nitrogens with zero attached hydrogens (tertiary/aromatic N) is 3. The Bertz CT molecular complexity index is 1950. The van der Waals surface area contributed by atoms with Crippen LogP contribution < -0.4 is 16.6 Å². The number of thioether (sulfide) groups is 3. The van der Waals surface area contributed by atoms with E-state index in [9.17, 15) is 54.3 Å². The van der Waals surface area contributed by atoms with Gasteiger partial charge in [0.2, 0.25) is 0 Å². The zero-order valence-corrected chi connectivity index (χ0v) is 27.6. The van der Waals surface area contributed by atoms with Crippen LogP contribution >= 0.6 is 58.2 Å². The number of anilines is 1. The van der Waals surface area contributed by atoms with E-state index in [1.54, 1.807) is 0 Å². The first-order chi connectivity index (χ1) is 22.8. The summed E-state index contributed by atoms with van der Waals surface area (Å²) in [7, 11) is 0. The maximum Gasteiger partial charge on any atom is 0.358 e. The third kappa shape index (κ3) is 7.08. The largest absolute Gasteiger partial charge is 0.504 e. The zero-order valence-electron chi connectivity index (χ0n) is 23.5. The number of oxime groups is 1. The molecule has 18 nitrogen and oxygen atoms in total. The number of nitrogens with two attached hydrogens (primary N) is 1. The van der Waals surface area contributed by atoms with E-state index in [4.69, 9.17) is 10.6 Å². The highest BCUT2D eigenvalue weighted by atomic mass is 32.2. The number of phenols is 2. The van der Waals surface area contributed by atoms with E-state index in [1.807, 2.05) is 0 Å². The number of amides is 2. The number of aromatic hydroxyl groups is 2. The number of aromatic amines is 1. The van der Waals surface area contributed by atoms with Crippen molar-refractivity contribution in [3.63, 3.8) is 0 Å². The van der Waals surface area contributed by atoms with E-state index in [0.29, 0.717) is 11.8 Å². The second-order valence-electron chi connectivity index (χ2n) is 9.46. The number of nitrogens with one attached hydrogen (secondary N) is 2. The number of hydrogen-bond acceptors (Lipinski definition) is 17. The molecule has 5 rings (SSSR count). The van der Waals surface area contributed by atoms with Gasteiger partial charge in [-0.1, -0.05) is 28.5 Å². The summed E-state index contributed by atoms with van der Waals surface area (Å²) in [5, 5.41) is 54.9. The minimum Gasteiger partial charge on any atom is -0.504 e. The van der Waals surface area contributed by atoms with Crippen molar-refractivity contribution in [3.05, 3.63) is 56.5 Å². The molecule has 3 aromatic rings. The van der Waals surface area contributed by atoms with Gasteiger partial charge in [0, 0.05) is 21.8 Å². The minimum atomic E-state index is -1.75. The summed E-state index contributed by atoms with van der Waals surface area (Å²) < 4.78 is 2.46. The van der Waals surface area contributed by atoms with Crippen LogP contribution in [-0.2, 0) is 24.0 Å². The van der Waals surface area contributed by atoms with Gasteiger partial charge in [-0.15, -0.1) is 34.9 Å². The number of carbonyl (C=O) groups excluding carboxylic acids is 2. The van der Waals surface area contributed by atoms with Crippen LogP contribution in [0.1, 0.15) is 16.1 Å². The lowest BCUT2D eigenvalue weighted by atomic mass is 10.0. The third-order valence-electron chi connectivity index (χ3n) is 6.41. The molecule has 0 radical (unpaired) electrons. The summed E-state index contributed by atoms with van der Waals surface area (Å²) in [5.41, 5.74) is 2.00. The average molecular weight is 757 g/mol. The van der Waals surface area contributed by atoms with Crippen molar-refractivity contribution in [2.45, 2.75) is 26.0 Å². The number of phenolic OH excluding ortho intramolecular Hbond substituents is 2. The first kappa shape index (κ1) is 34.6. The van der Waals surface area contributed by atoms with E-state index in [1.165, 1.54) is 11.4 Å². The van der Waals surface area contributed by atoms with Crippen molar-refractivity contribution in [2.24, 2.45) is 5.16 Å². The molecule has 2 aliphatic heterocycles.